The molecule has 4 unspecified atom stereocenters. The van der Waals surface area contributed by atoms with Crippen LogP contribution in [-0.2, 0) is 32.0 Å². The molecule has 4 rings (SSSR count). The van der Waals surface area contributed by atoms with Crippen LogP contribution in [0.25, 0.3) is 0 Å². The molecular formula is C29H34N4O5. The summed E-state index contributed by atoms with van der Waals surface area (Å²) < 4.78 is 0. The molecule has 0 saturated carbocycles. The lowest BCUT2D eigenvalue weighted by molar-refractivity contribution is -0.151. The van der Waals surface area contributed by atoms with Gasteiger partial charge in [0.15, 0.2) is 0 Å². The molecular weight excluding hydrogens is 484 g/mol. The molecule has 3 amide bonds. The van der Waals surface area contributed by atoms with E-state index in [2.05, 4.69) is 5.32 Å². The Morgan fingerprint density at radius 1 is 0.947 bits per heavy atom. The molecule has 38 heavy (non-hydrogen) atoms. The summed E-state index contributed by atoms with van der Waals surface area (Å²) in [6, 6.07) is 15.9. The molecule has 4 N–H and O–H groups in total. The maximum Gasteiger partial charge on any atom is 0.326 e. The predicted octanol–water partition coefficient (Wildman–Crippen LogP) is 1.52. The van der Waals surface area contributed by atoms with Gasteiger partial charge >= 0.3 is 5.97 Å². The lowest BCUT2D eigenvalue weighted by Gasteiger charge is -2.32. The van der Waals surface area contributed by atoms with Crippen molar-refractivity contribution in [1.82, 2.24) is 15.1 Å². The first-order valence-electron chi connectivity index (χ1n) is 13.0. The van der Waals surface area contributed by atoms with Gasteiger partial charge < -0.3 is 26.0 Å². The maximum absolute atomic E-state index is 13.8. The van der Waals surface area contributed by atoms with E-state index in [-0.39, 0.29) is 25.3 Å². The second-order valence-electron chi connectivity index (χ2n) is 9.86. The highest BCUT2D eigenvalue weighted by molar-refractivity contribution is 5.95. The molecule has 9 heteroatoms. The summed E-state index contributed by atoms with van der Waals surface area (Å²) >= 11 is 0. The average molecular weight is 519 g/mol. The number of carboxylic acids is 1. The number of carbonyl (C=O) groups is 4. The van der Waals surface area contributed by atoms with E-state index < -0.39 is 42.0 Å². The summed E-state index contributed by atoms with van der Waals surface area (Å²) in [6.45, 7) is 0.543. The molecule has 2 aliphatic heterocycles. The Kier molecular flexibility index (Phi) is 8.91. The third kappa shape index (κ3) is 6.66. The van der Waals surface area contributed by atoms with Crippen LogP contribution in [0.1, 0.15) is 30.4 Å². The van der Waals surface area contributed by atoms with Crippen molar-refractivity contribution in [2.75, 3.05) is 13.1 Å². The normalized spacial score (nSPS) is 20.2. The topological polar surface area (TPSA) is 133 Å². The molecule has 1 fully saturated rings. The van der Waals surface area contributed by atoms with Gasteiger partial charge in [0.1, 0.15) is 18.1 Å². The molecule has 0 aromatic heterocycles. The predicted molar refractivity (Wildman–Crippen MR) is 142 cm³/mol. The zero-order valence-corrected chi connectivity index (χ0v) is 21.2. The molecule has 0 spiro atoms. The van der Waals surface area contributed by atoms with Gasteiger partial charge in [-0.3, -0.25) is 14.4 Å². The number of nitrogens with one attached hydrogen (secondary N) is 1. The Labute approximate surface area is 222 Å². The SMILES string of the molecule is NC(CC(=O)NC(Cc1ccccc1)C(=O)N1CC=CC1C(=O)N1CCCC1C(=O)O)Cc1ccccc1. The number of carboxylic acid groups (broad SMARTS) is 1. The first kappa shape index (κ1) is 27.1. The van der Waals surface area contributed by atoms with Gasteiger partial charge in [0.25, 0.3) is 0 Å². The Balaban J connectivity index is 1.46. The number of nitrogens with zero attached hydrogens (tertiary/aromatic N) is 2. The highest BCUT2D eigenvalue weighted by atomic mass is 16.4. The number of carbonyl (C=O) groups excluding carboxylic acids is 3. The molecule has 0 bridgehead atoms. The number of rotatable bonds is 10. The highest BCUT2D eigenvalue weighted by Gasteiger charge is 2.41. The van der Waals surface area contributed by atoms with E-state index in [1.165, 1.54) is 9.80 Å². The summed E-state index contributed by atoms with van der Waals surface area (Å²) in [4.78, 5) is 54.5. The Morgan fingerprint density at radius 2 is 1.58 bits per heavy atom. The van der Waals surface area contributed by atoms with Crippen molar-refractivity contribution in [3.63, 3.8) is 0 Å². The minimum Gasteiger partial charge on any atom is -0.480 e. The Bertz CT molecular complexity index is 1170. The van der Waals surface area contributed by atoms with E-state index >= 15 is 0 Å². The van der Waals surface area contributed by atoms with Gasteiger partial charge in [-0.15, -0.1) is 0 Å². The van der Waals surface area contributed by atoms with E-state index in [1.54, 1.807) is 12.2 Å². The molecule has 4 atom stereocenters. The van der Waals surface area contributed by atoms with Gasteiger partial charge in [-0.1, -0.05) is 72.8 Å². The van der Waals surface area contributed by atoms with Gasteiger partial charge in [0.05, 0.1) is 0 Å². The zero-order chi connectivity index (χ0) is 27.1. The number of benzene rings is 2. The number of hydrogen-bond donors (Lipinski definition) is 3. The first-order valence-corrected chi connectivity index (χ1v) is 13.0. The fraction of sp³-hybridized carbons (Fsp3) is 0.379. The monoisotopic (exact) mass is 518 g/mol. The number of nitrogens with two attached hydrogens (primary N) is 1. The van der Waals surface area contributed by atoms with E-state index in [4.69, 9.17) is 5.73 Å². The fourth-order valence-electron chi connectivity index (χ4n) is 5.15. The molecule has 0 radical (unpaired) electrons. The van der Waals surface area contributed by atoms with Crippen LogP contribution in [0.2, 0.25) is 0 Å². The zero-order valence-electron chi connectivity index (χ0n) is 21.2. The van der Waals surface area contributed by atoms with E-state index in [9.17, 15) is 24.3 Å². The molecule has 2 aromatic carbocycles. The van der Waals surface area contributed by atoms with Crippen molar-refractivity contribution in [2.45, 2.75) is 56.3 Å². The van der Waals surface area contributed by atoms with E-state index in [0.29, 0.717) is 25.8 Å². The van der Waals surface area contributed by atoms with Crippen LogP contribution in [0.5, 0.6) is 0 Å². The molecule has 0 aliphatic carbocycles. The number of aliphatic carboxylic acids is 1. The highest BCUT2D eigenvalue weighted by Crippen LogP contribution is 2.23. The van der Waals surface area contributed by atoms with E-state index in [1.807, 2.05) is 60.7 Å². The number of likely N-dealkylation sites (tertiary alicyclic amines) is 1. The smallest absolute Gasteiger partial charge is 0.326 e. The van der Waals surface area contributed by atoms with Crippen LogP contribution in [0.15, 0.2) is 72.8 Å². The Hall–Kier alpha value is -3.98. The number of hydrogen-bond acceptors (Lipinski definition) is 5. The molecule has 200 valence electrons. The van der Waals surface area contributed by atoms with Crippen molar-refractivity contribution >= 4 is 23.7 Å². The maximum atomic E-state index is 13.8. The van der Waals surface area contributed by atoms with Crippen LogP contribution in [0, 0.1) is 0 Å². The first-order chi connectivity index (χ1) is 18.3. The van der Waals surface area contributed by atoms with Gasteiger partial charge in [-0.25, -0.2) is 4.79 Å². The van der Waals surface area contributed by atoms with Gasteiger partial charge in [0.2, 0.25) is 17.7 Å². The van der Waals surface area contributed by atoms with Crippen LogP contribution >= 0.6 is 0 Å². The summed E-state index contributed by atoms with van der Waals surface area (Å²) in [5.74, 6) is -2.19. The molecule has 1 saturated heterocycles. The second-order valence-corrected chi connectivity index (χ2v) is 9.86. The minimum atomic E-state index is -1.04. The van der Waals surface area contributed by atoms with Crippen molar-refractivity contribution < 1.29 is 24.3 Å². The lowest BCUT2D eigenvalue weighted by atomic mass is 10.0. The van der Waals surface area contributed by atoms with Crippen molar-refractivity contribution in [2.24, 2.45) is 5.73 Å². The van der Waals surface area contributed by atoms with Crippen molar-refractivity contribution in [3.8, 4) is 0 Å². The summed E-state index contributed by atoms with van der Waals surface area (Å²) in [7, 11) is 0. The van der Waals surface area contributed by atoms with Gasteiger partial charge in [-0.05, 0) is 30.4 Å². The van der Waals surface area contributed by atoms with E-state index in [0.717, 1.165) is 11.1 Å². The molecule has 9 nitrogen and oxygen atoms in total. The molecule has 2 heterocycles. The van der Waals surface area contributed by atoms with Crippen molar-refractivity contribution in [1.29, 1.82) is 0 Å². The van der Waals surface area contributed by atoms with Crippen molar-refractivity contribution in [3.05, 3.63) is 83.9 Å². The van der Waals surface area contributed by atoms with Crippen LogP contribution in [0.3, 0.4) is 0 Å². The number of amides is 3. The van der Waals surface area contributed by atoms with Crippen LogP contribution < -0.4 is 11.1 Å². The summed E-state index contributed by atoms with van der Waals surface area (Å²) in [5, 5.41) is 12.4. The Morgan fingerprint density at radius 3 is 2.21 bits per heavy atom. The van der Waals surface area contributed by atoms with Gasteiger partial charge in [0, 0.05) is 32.0 Å². The molecule has 2 aliphatic rings. The van der Waals surface area contributed by atoms with Crippen LogP contribution in [0.4, 0.5) is 0 Å². The standard InChI is InChI=1S/C29H34N4O5/c30-22(17-20-9-3-1-4-10-20)19-26(34)31-23(18-21-11-5-2-6-12-21)27(35)32-15-7-13-24(32)28(36)33-16-8-14-25(33)29(37)38/h1-7,9-13,22-25H,8,14-19,30H2,(H,31,34)(H,37,38). The summed E-state index contributed by atoms with van der Waals surface area (Å²) in [6.07, 6.45) is 5.17. The molecule has 2 aromatic rings. The third-order valence-electron chi connectivity index (χ3n) is 7.02. The fourth-order valence-corrected chi connectivity index (χ4v) is 5.15. The summed E-state index contributed by atoms with van der Waals surface area (Å²) in [5.41, 5.74) is 8.12. The largest absolute Gasteiger partial charge is 0.480 e. The van der Waals surface area contributed by atoms with Gasteiger partial charge in [-0.2, -0.15) is 0 Å². The average Bonchev–Trinajstić information content (AvgIpc) is 3.59. The quantitative estimate of drug-likeness (QED) is 0.409. The van der Waals surface area contributed by atoms with Crippen LogP contribution in [-0.4, -0.2) is 75.9 Å². The lowest BCUT2D eigenvalue weighted by Crippen LogP contribution is -2.56. The second kappa shape index (κ2) is 12.5. The minimum absolute atomic E-state index is 0.0438. The third-order valence-corrected chi connectivity index (χ3v) is 7.02.